The van der Waals surface area contributed by atoms with Crippen LogP contribution in [0, 0.1) is 5.82 Å². The van der Waals surface area contributed by atoms with E-state index in [0.717, 1.165) is 5.69 Å². The maximum atomic E-state index is 13.1. The van der Waals surface area contributed by atoms with Crippen molar-refractivity contribution in [2.75, 3.05) is 0 Å². The minimum absolute atomic E-state index is 0.178. The molecular weight excluding hydrogens is 375 g/mol. The Morgan fingerprint density at radius 1 is 0.862 bits per heavy atom. The summed E-state index contributed by atoms with van der Waals surface area (Å²) in [4.78, 5) is 28.7. The van der Waals surface area contributed by atoms with Crippen LogP contribution in [0.1, 0.15) is 20.8 Å². The summed E-state index contributed by atoms with van der Waals surface area (Å²) in [7, 11) is 0. The molecule has 2 N–H and O–H groups in total. The van der Waals surface area contributed by atoms with E-state index in [2.05, 4.69) is 20.9 Å². The van der Waals surface area contributed by atoms with Crippen LogP contribution in [0.25, 0.3) is 11.4 Å². The molecule has 2 heterocycles. The molecule has 2 aromatic heterocycles. The van der Waals surface area contributed by atoms with Crippen LogP contribution >= 0.6 is 0 Å². The largest absolute Gasteiger partial charge is 0.295 e. The summed E-state index contributed by atoms with van der Waals surface area (Å²) in [6.07, 6.45) is 5.73. The van der Waals surface area contributed by atoms with E-state index < -0.39 is 11.8 Å². The number of carbonyl (C=O) groups is 2. The zero-order valence-electron chi connectivity index (χ0n) is 15.0. The van der Waals surface area contributed by atoms with Crippen LogP contribution in [-0.2, 0) is 0 Å². The summed E-state index contributed by atoms with van der Waals surface area (Å²) in [6, 6.07) is 14.9. The zero-order chi connectivity index (χ0) is 20.2. The van der Waals surface area contributed by atoms with Gasteiger partial charge in [0.2, 0.25) is 0 Å². The molecule has 8 nitrogen and oxygen atoms in total. The third-order valence-electron chi connectivity index (χ3n) is 4.13. The van der Waals surface area contributed by atoms with Crippen LogP contribution < -0.4 is 10.9 Å². The summed E-state index contributed by atoms with van der Waals surface area (Å²) < 4.78 is 16.1. The van der Waals surface area contributed by atoms with Gasteiger partial charge in [-0.05, 0) is 36.4 Å². The Kier molecular flexibility index (Phi) is 4.85. The molecule has 2 amide bonds. The van der Waals surface area contributed by atoms with Crippen molar-refractivity contribution in [3.8, 4) is 11.4 Å². The zero-order valence-corrected chi connectivity index (χ0v) is 15.0. The fraction of sp³-hybridized carbons (Fsp3) is 0. The molecule has 0 radical (unpaired) electrons. The van der Waals surface area contributed by atoms with Gasteiger partial charge in [-0.1, -0.05) is 18.2 Å². The molecular formula is C20H15FN6O2. The Morgan fingerprint density at radius 2 is 1.59 bits per heavy atom. The number of para-hydroxylation sites is 1. The molecule has 0 atom stereocenters. The number of aromatic nitrogens is 4. The molecule has 0 aliphatic rings. The van der Waals surface area contributed by atoms with Crippen molar-refractivity contribution in [3.05, 3.63) is 96.6 Å². The number of benzene rings is 2. The second-order valence-corrected chi connectivity index (χ2v) is 6.04. The van der Waals surface area contributed by atoms with E-state index in [9.17, 15) is 14.0 Å². The van der Waals surface area contributed by atoms with Gasteiger partial charge in [-0.3, -0.25) is 25.0 Å². The van der Waals surface area contributed by atoms with Gasteiger partial charge in [0.25, 0.3) is 11.8 Å². The third-order valence-corrected chi connectivity index (χ3v) is 4.13. The average molecular weight is 390 g/mol. The number of imidazole rings is 1. The number of nitrogens with zero attached hydrogens (tertiary/aromatic N) is 4. The molecule has 0 saturated carbocycles. The summed E-state index contributed by atoms with van der Waals surface area (Å²) in [5, 5.41) is 4.14. The number of hydrogen-bond donors (Lipinski definition) is 2. The highest BCUT2D eigenvalue weighted by Gasteiger charge is 2.15. The topological polar surface area (TPSA) is 93.8 Å². The predicted octanol–water partition coefficient (Wildman–Crippen LogP) is 2.27. The lowest BCUT2D eigenvalue weighted by atomic mass is 10.3. The number of rotatable bonds is 4. The van der Waals surface area contributed by atoms with Crippen LogP contribution in [0.15, 0.2) is 79.5 Å². The molecule has 0 unspecified atom stereocenters. The summed E-state index contributed by atoms with van der Waals surface area (Å²) >= 11 is 0. The minimum atomic E-state index is -0.573. The number of carbonyl (C=O) groups excluding carboxylic acids is 2. The molecule has 0 fully saturated rings. The summed E-state index contributed by atoms with van der Waals surface area (Å²) in [6.45, 7) is 0. The predicted molar refractivity (Wildman–Crippen MR) is 102 cm³/mol. The van der Waals surface area contributed by atoms with Crippen molar-refractivity contribution >= 4 is 11.8 Å². The molecule has 144 valence electrons. The number of halogens is 1. The van der Waals surface area contributed by atoms with Gasteiger partial charge in [0, 0.05) is 11.9 Å². The lowest BCUT2D eigenvalue weighted by Crippen LogP contribution is -2.42. The molecule has 0 saturated heterocycles. The molecule has 0 aliphatic heterocycles. The second-order valence-electron chi connectivity index (χ2n) is 6.04. The van der Waals surface area contributed by atoms with E-state index in [0.29, 0.717) is 5.69 Å². The molecule has 4 aromatic rings. The molecule has 4 rings (SSSR count). The van der Waals surface area contributed by atoms with E-state index >= 15 is 0 Å². The van der Waals surface area contributed by atoms with E-state index in [1.807, 2.05) is 30.3 Å². The van der Waals surface area contributed by atoms with Crippen molar-refractivity contribution in [3.63, 3.8) is 0 Å². The van der Waals surface area contributed by atoms with Gasteiger partial charge in [0.1, 0.15) is 11.5 Å². The highest BCUT2D eigenvalue weighted by atomic mass is 19.1. The van der Waals surface area contributed by atoms with Gasteiger partial charge in [0.15, 0.2) is 0 Å². The lowest BCUT2D eigenvalue weighted by Gasteiger charge is -2.09. The Bertz CT molecular complexity index is 1150. The summed E-state index contributed by atoms with van der Waals surface area (Å²) in [5.74, 6) is -1.48. The highest BCUT2D eigenvalue weighted by molar-refractivity contribution is 5.98. The van der Waals surface area contributed by atoms with Crippen LogP contribution in [0.2, 0.25) is 0 Å². The maximum Gasteiger partial charge on any atom is 0.288 e. The van der Waals surface area contributed by atoms with Crippen molar-refractivity contribution in [2.45, 2.75) is 0 Å². The molecule has 29 heavy (non-hydrogen) atoms. The molecule has 2 aromatic carbocycles. The van der Waals surface area contributed by atoms with Crippen molar-refractivity contribution < 1.29 is 14.0 Å². The second kappa shape index (κ2) is 7.77. The normalized spacial score (nSPS) is 10.5. The molecule has 0 spiro atoms. The third kappa shape index (κ3) is 3.88. The number of nitrogens with one attached hydrogen (secondary N) is 2. The smallest absolute Gasteiger partial charge is 0.288 e. The molecule has 0 bridgehead atoms. The molecule has 0 aliphatic carbocycles. The minimum Gasteiger partial charge on any atom is -0.295 e. The SMILES string of the molecule is O=C(NNC(=O)c1cncn1-c1ccc(F)cc1)c1cnn(-c2ccccc2)c1. The first-order valence-electron chi connectivity index (χ1n) is 8.61. The number of hydrazine groups is 1. The molecule has 9 heteroatoms. The first-order chi connectivity index (χ1) is 14.1. The maximum absolute atomic E-state index is 13.1. The van der Waals surface area contributed by atoms with E-state index in [-0.39, 0.29) is 17.1 Å². The van der Waals surface area contributed by atoms with Crippen molar-refractivity contribution in [1.29, 1.82) is 0 Å². The number of hydrogen-bond acceptors (Lipinski definition) is 4. The Hall–Kier alpha value is -4.27. The Labute approximate surface area is 164 Å². The van der Waals surface area contributed by atoms with Crippen molar-refractivity contribution in [2.24, 2.45) is 0 Å². The monoisotopic (exact) mass is 390 g/mol. The fourth-order valence-electron chi connectivity index (χ4n) is 2.68. The average Bonchev–Trinajstić information content (AvgIpc) is 3.43. The number of amides is 2. The highest BCUT2D eigenvalue weighted by Crippen LogP contribution is 2.12. The van der Waals surface area contributed by atoms with Crippen LogP contribution in [0.4, 0.5) is 4.39 Å². The van der Waals surface area contributed by atoms with Crippen molar-refractivity contribution in [1.82, 2.24) is 30.2 Å². The first-order valence-corrected chi connectivity index (χ1v) is 8.61. The lowest BCUT2D eigenvalue weighted by molar-refractivity contribution is 0.0843. The van der Waals surface area contributed by atoms with Gasteiger partial charge in [-0.15, -0.1) is 0 Å². The van der Waals surface area contributed by atoms with Crippen LogP contribution in [0.3, 0.4) is 0 Å². The van der Waals surface area contributed by atoms with E-state index in [1.165, 1.54) is 47.6 Å². The van der Waals surface area contributed by atoms with E-state index in [4.69, 9.17) is 0 Å². The van der Waals surface area contributed by atoms with Crippen LogP contribution in [-0.4, -0.2) is 31.1 Å². The first kappa shape index (κ1) is 18.1. The Balaban J connectivity index is 1.43. The van der Waals surface area contributed by atoms with Gasteiger partial charge >= 0.3 is 0 Å². The quantitative estimate of drug-likeness (QED) is 0.523. The van der Waals surface area contributed by atoms with Gasteiger partial charge in [-0.2, -0.15) is 5.10 Å². The van der Waals surface area contributed by atoms with E-state index in [1.54, 1.807) is 10.9 Å². The fourth-order valence-corrected chi connectivity index (χ4v) is 2.68. The Morgan fingerprint density at radius 3 is 2.34 bits per heavy atom. The van der Waals surface area contributed by atoms with Gasteiger partial charge in [0.05, 0.1) is 30.0 Å². The standard InChI is InChI=1S/C20H15FN6O2/c21-15-6-8-16(9-7-15)26-13-22-11-18(26)20(29)25-24-19(28)14-10-23-27(12-14)17-4-2-1-3-5-17/h1-13H,(H,24,28)(H,25,29). The van der Waals surface area contributed by atoms with Crippen LogP contribution in [0.5, 0.6) is 0 Å². The van der Waals surface area contributed by atoms with Gasteiger partial charge in [-0.25, -0.2) is 14.1 Å². The van der Waals surface area contributed by atoms with Gasteiger partial charge < -0.3 is 0 Å². The summed E-state index contributed by atoms with van der Waals surface area (Å²) in [5.41, 5.74) is 6.51.